The van der Waals surface area contributed by atoms with Gasteiger partial charge in [-0.2, -0.15) is 13.2 Å². The van der Waals surface area contributed by atoms with E-state index in [0.717, 1.165) is 6.07 Å². The molecule has 1 aliphatic heterocycles. The highest BCUT2D eigenvalue weighted by Gasteiger charge is 2.35. The summed E-state index contributed by atoms with van der Waals surface area (Å²) in [6.07, 6.45) is -4.86. The van der Waals surface area contributed by atoms with Crippen LogP contribution in [-0.2, 0) is 11.0 Å². The molecule has 1 aromatic rings. The molecule has 24 heavy (non-hydrogen) atoms. The Balaban J connectivity index is 1.90. The smallest absolute Gasteiger partial charge is 0.419 e. The van der Waals surface area contributed by atoms with Crippen LogP contribution in [0.1, 0.15) is 12.0 Å². The Kier molecular flexibility index (Phi) is 5.71. The lowest BCUT2D eigenvalue weighted by molar-refractivity contribution is -0.139. The molecule has 0 bridgehead atoms. The van der Waals surface area contributed by atoms with Crippen molar-refractivity contribution in [2.75, 3.05) is 33.8 Å². The zero-order valence-electron chi connectivity index (χ0n) is 13.6. The summed E-state index contributed by atoms with van der Waals surface area (Å²) in [6.45, 7) is 0.506. The van der Waals surface area contributed by atoms with Crippen molar-refractivity contribution in [3.63, 3.8) is 0 Å². The summed E-state index contributed by atoms with van der Waals surface area (Å²) < 4.78 is 43.8. The molecule has 1 N–H and O–H groups in total. The van der Waals surface area contributed by atoms with Gasteiger partial charge in [0.25, 0.3) is 0 Å². The number of aliphatic hydroxyl groups excluding tert-OH is 1. The van der Waals surface area contributed by atoms with E-state index in [4.69, 9.17) is 4.74 Å². The molecule has 8 heteroatoms. The number of likely N-dealkylation sites (tertiary alicyclic amines) is 1. The largest absolute Gasteiger partial charge is 0.490 e. The zero-order valence-corrected chi connectivity index (χ0v) is 13.6. The van der Waals surface area contributed by atoms with Crippen molar-refractivity contribution in [2.45, 2.75) is 24.7 Å². The molecule has 0 aromatic heterocycles. The normalized spacial score (nSPS) is 19.9. The van der Waals surface area contributed by atoms with Gasteiger partial charge in [0.05, 0.1) is 11.6 Å². The molecular formula is C16H21F3N2O3. The minimum atomic E-state index is -4.51. The van der Waals surface area contributed by atoms with E-state index in [0.29, 0.717) is 13.0 Å². The lowest BCUT2D eigenvalue weighted by Gasteiger charge is -2.25. The van der Waals surface area contributed by atoms with Gasteiger partial charge in [0, 0.05) is 20.1 Å². The monoisotopic (exact) mass is 346 g/mol. The van der Waals surface area contributed by atoms with Crippen molar-refractivity contribution in [2.24, 2.45) is 0 Å². The first kappa shape index (κ1) is 18.5. The Bertz CT molecular complexity index is 580. The number of benzene rings is 1. The molecule has 0 saturated carbocycles. The van der Waals surface area contributed by atoms with Crippen LogP contribution in [-0.4, -0.2) is 66.8 Å². The third-order valence-electron chi connectivity index (χ3n) is 4.05. The molecular weight excluding hydrogens is 325 g/mol. The number of ether oxygens (including phenoxy) is 1. The molecule has 0 unspecified atom stereocenters. The van der Waals surface area contributed by atoms with E-state index in [-0.39, 0.29) is 30.9 Å². The topological polar surface area (TPSA) is 53.0 Å². The Labute approximate surface area is 138 Å². The second-order valence-electron chi connectivity index (χ2n) is 5.96. The van der Waals surface area contributed by atoms with Crippen LogP contribution in [0.2, 0.25) is 0 Å². The van der Waals surface area contributed by atoms with Gasteiger partial charge in [0.2, 0.25) is 5.91 Å². The van der Waals surface area contributed by atoms with Crippen molar-refractivity contribution in [1.82, 2.24) is 9.80 Å². The second kappa shape index (κ2) is 7.40. The maximum Gasteiger partial charge on any atom is 0.419 e. The number of hydrogen-bond acceptors (Lipinski definition) is 4. The van der Waals surface area contributed by atoms with Gasteiger partial charge in [-0.3, -0.25) is 9.69 Å². The van der Waals surface area contributed by atoms with Crippen molar-refractivity contribution in [3.8, 4) is 5.75 Å². The number of carbonyl (C=O) groups excluding carboxylic acids is 1. The van der Waals surface area contributed by atoms with E-state index in [1.807, 2.05) is 0 Å². The number of alkyl halides is 3. The van der Waals surface area contributed by atoms with Gasteiger partial charge in [-0.25, -0.2) is 0 Å². The summed E-state index contributed by atoms with van der Waals surface area (Å²) in [6, 6.07) is 4.56. The Morgan fingerprint density at radius 3 is 2.67 bits per heavy atom. The standard InChI is InChI=1S/C16H21F3N2O3/c1-20-8-7-13(15(20)23)21(2)9-11(22)10-24-14-6-4-3-5-12(14)16(17,18)19/h3-6,11,13,22H,7-10H2,1-2H3/t11-,13-/m1/s1. The van der Waals surface area contributed by atoms with Crippen LogP contribution < -0.4 is 4.74 Å². The summed E-state index contributed by atoms with van der Waals surface area (Å²) in [5.74, 6) is -0.337. The van der Waals surface area contributed by atoms with Crippen LogP contribution in [0, 0.1) is 0 Å². The first-order chi connectivity index (χ1) is 11.2. The zero-order chi connectivity index (χ0) is 17.9. The third kappa shape index (κ3) is 4.39. The van der Waals surface area contributed by atoms with E-state index in [2.05, 4.69) is 0 Å². The summed E-state index contributed by atoms with van der Waals surface area (Å²) in [5.41, 5.74) is -0.877. The first-order valence-electron chi connectivity index (χ1n) is 7.62. The maximum atomic E-state index is 12.9. The predicted octanol–water partition coefficient (Wildman–Crippen LogP) is 1.61. The highest BCUT2D eigenvalue weighted by atomic mass is 19.4. The Morgan fingerprint density at radius 2 is 2.08 bits per heavy atom. The average Bonchev–Trinajstić information content (AvgIpc) is 2.84. The highest BCUT2D eigenvalue weighted by molar-refractivity contribution is 5.83. The number of aliphatic hydroxyl groups is 1. The molecule has 1 heterocycles. The molecule has 134 valence electrons. The van der Waals surface area contributed by atoms with Crippen LogP contribution in [0.15, 0.2) is 24.3 Å². The molecule has 2 atom stereocenters. The number of halogens is 3. The van der Waals surface area contributed by atoms with E-state index >= 15 is 0 Å². The van der Waals surface area contributed by atoms with E-state index in [9.17, 15) is 23.1 Å². The van der Waals surface area contributed by atoms with Gasteiger partial charge in [0.15, 0.2) is 0 Å². The fourth-order valence-corrected chi connectivity index (χ4v) is 2.74. The van der Waals surface area contributed by atoms with Crippen molar-refractivity contribution >= 4 is 5.91 Å². The molecule has 1 saturated heterocycles. The first-order valence-corrected chi connectivity index (χ1v) is 7.62. The molecule has 5 nitrogen and oxygen atoms in total. The molecule has 1 amide bonds. The van der Waals surface area contributed by atoms with Crippen LogP contribution in [0.3, 0.4) is 0 Å². The predicted molar refractivity (Wildman–Crippen MR) is 81.6 cm³/mol. The average molecular weight is 346 g/mol. The number of amides is 1. The van der Waals surface area contributed by atoms with E-state index in [1.54, 1.807) is 23.9 Å². The molecule has 2 rings (SSSR count). The van der Waals surface area contributed by atoms with E-state index in [1.165, 1.54) is 18.2 Å². The van der Waals surface area contributed by atoms with Gasteiger partial charge < -0.3 is 14.7 Å². The van der Waals surface area contributed by atoms with Crippen LogP contribution >= 0.6 is 0 Å². The van der Waals surface area contributed by atoms with Gasteiger partial charge in [-0.1, -0.05) is 12.1 Å². The fourth-order valence-electron chi connectivity index (χ4n) is 2.74. The molecule has 0 radical (unpaired) electrons. The second-order valence-corrected chi connectivity index (χ2v) is 5.96. The molecule has 1 fully saturated rings. The minimum Gasteiger partial charge on any atom is -0.490 e. The molecule has 0 aliphatic carbocycles. The SMILES string of the molecule is CN1CC[C@@H](N(C)C[C@@H](O)COc2ccccc2C(F)(F)F)C1=O. The van der Waals surface area contributed by atoms with Gasteiger partial charge in [0.1, 0.15) is 18.5 Å². The third-order valence-corrected chi connectivity index (χ3v) is 4.05. The summed E-state index contributed by atoms with van der Waals surface area (Å²) in [4.78, 5) is 15.2. The summed E-state index contributed by atoms with van der Waals surface area (Å²) in [7, 11) is 3.42. The number of likely N-dealkylation sites (N-methyl/N-ethyl adjacent to an activating group) is 2. The number of hydrogen-bond donors (Lipinski definition) is 1. The summed E-state index contributed by atoms with van der Waals surface area (Å²) >= 11 is 0. The minimum absolute atomic E-state index is 0.0203. The fraction of sp³-hybridized carbons (Fsp3) is 0.562. The number of para-hydroxylation sites is 1. The Morgan fingerprint density at radius 1 is 1.42 bits per heavy atom. The molecule has 0 spiro atoms. The lowest BCUT2D eigenvalue weighted by Crippen LogP contribution is -2.43. The number of carbonyl (C=O) groups is 1. The van der Waals surface area contributed by atoms with Crippen molar-refractivity contribution in [3.05, 3.63) is 29.8 Å². The molecule has 1 aliphatic rings. The number of rotatable bonds is 6. The van der Waals surface area contributed by atoms with Crippen molar-refractivity contribution in [1.29, 1.82) is 0 Å². The van der Waals surface area contributed by atoms with Crippen molar-refractivity contribution < 1.29 is 27.8 Å². The maximum absolute atomic E-state index is 12.9. The van der Waals surface area contributed by atoms with Gasteiger partial charge in [-0.05, 0) is 25.6 Å². The van der Waals surface area contributed by atoms with Gasteiger partial charge in [-0.15, -0.1) is 0 Å². The van der Waals surface area contributed by atoms with E-state index < -0.39 is 17.8 Å². The van der Waals surface area contributed by atoms with Crippen LogP contribution in [0.25, 0.3) is 0 Å². The lowest BCUT2D eigenvalue weighted by atomic mass is 10.2. The quantitative estimate of drug-likeness (QED) is 0.850. The van der Waals surface area contributed by atoms with Crippen LogP contribution in [0.4, 0.5) is 13.2 Å². The van der Waals surface area contributed by atoms with Crippen LogP contribution in [0.5, 0.6) is 5.75 Å². The summed E-state index contributed by atoms with van der Waals surface area (Å²) in [5, 5.41) is 10.0. The molecule has 1 aromatic carbocycles. The Hall–Kier alpha value is -1.80. The van der Waals surface area contributed by atoms with Gasteiger partial charge >= 0.3 is 6.18 Å². The highest BCUT2D eigenvalue weighted by Crippen LogP contribution is 2.35. The number of nitrogens with zero attached hydrogens (tertiary/aromatic N) is 2.